The van der Waals surface area contributed by atoms with Crippen molar-refractivity contribution < 1.29 is 19.1 Å². The minimum atomic E-state index is -0.327. The standard InChI is InChI=1S/C22H24N2O4/c1-27-19-8-6-18(7-9-19)24-13-17(11-21(24)25)22(26)23-12-15-10-16-4-2-3-5-20(16)28-14-15/h2-9,15,17H,10-14H2,1H3,(H,23,26). The summed E-state index contributed by atoms with van der Waals surface area (Å²) in [5, 5.41) is 3.02. The number of para-hydroxylation sites is 1. The Balaban J connectivity index is 1.31. The lowest BCUT2D eigenvalue weighted by Gasteiger charge is -2.25. The number of ether oxygens (including phenoxy) is 2. The third kappa shape index (κ3) is 3.81. The Labute approximate surface area is 164 Å². The quantitative estimate of drug-likeness (QED) is 0.865. The number of nitrogens with one attached hydrogen (secondary N) is 1. The fourth-order valence-electron chi connectivity index (χ4n) is 3.81. The summed E-state index contributed by atoms with van der Waals surface area (Å²) in [5.74, 6) is 1.49. The Kier molecular flexibility index (Phi) is 5.19. The molecule has 4 rings (SSSR count). The van der Waals surface area contributed by atoms with E-state index in [9.17, 15) is 9.59 Å². The Hall–Kier alpha value is -3.02. The highest BCUT2D eigenvalue weighted by molar-refractivity contribution is 6.00. The molecule has 6 nitrogen and oxygen atoms in total. The van der Waals surface area contributed by atoms with E-state index in [2.05, 4.69) is 11.4 Å². The molecule has 2 aromatic rings. The van der Waals surface area contributed by atoms with E-state index in [-0.39, 0.29) is 30.1 Å². The van der Waals surface area contributed by atoms with E-state index in [1.807, 2.05) is 42.5 Å². The zero-order valence-electron chi connectivity index (χ0n) is 15.9. The fraction of sp³-hybridized carbons (Fsp3) is 0.364. The van der Waals surface area contributed by atoms with Crippen LogP contribution in [0.25, 0.3) is 0 Å². The first-order chi connectivity index (χ1) is 13.6. The molecule has 0 spiro atoms. The van der Waals surface area contributed by atoms with E-state index in [1.54, 1.807) is 12.0 Å². The molecule has 28 heavy (non-hydrogen) atoms. The largest absolute Gasteiger partial charge is 0.497 e. The molecule has 2 atom stereocenters. The second-order valence-corrected chi connectivity index (χ2v) is 7.34. The third-order valence-electron chi connectivity index (χ3n) is 5.40. The van der Waals surface area contributed by atoms with E-state index in [1.165, 1.54) is 5.56 Å². The number of carbonyl (C=O) groups excluding carboxylic acids is 2. The number of methoxy groups -OCH3 is 1. The summed E-state index contributed by atoms with van der Waals surface area (Å²) in [7, 11) is 1.60. The first-order valence-electron chi connectivity index (χ1n) is 9.57. The van der Waals surface area contributed by atoms with Crippen LogP contribution in [0.15, 0.2) is 48.5 Å². The molecule has 2 heterocycles. The molecule has 2 aromatic carbocycles. The number of amides is 2. The average Bonchev–Trinajstić information content (AvgIpc) is 3.13. The summed E-state index contributed by atoms with van der Waals surface area (Å²) in [4.78, 5) is 26.7. The molecule has 0 radical (unpaired) electrons. The summed E-state index contributed by atoms with van der Waals surface area (Å²) in [5.41, 5.74) is 1.97. The van der Waals surface area contributed by atoms with Gasteiger partial charge < -0.3 is 19.7 Å². The number of nitrogens with zero attached hydrogens (tertiary/aromatic N) is 1. The molecule has 1 fully saturated rings. The Morgan fingerprint density at radius 1 is 1.18 bits per heavy atom. The second-order valence-electron chi connectivity index (χ2n) is 7.34. The molecule has 146 valence electrons. The van der Waals surface area contributed by atoms with Gasteiger partial charge in [-0.1, -0.05) is 18.2 Å². The Bertz CT molecular complexity index is 865. The third-order valence-corrected chi connectivity index (χ3v) is 5.40. The minimum absolute atomic E-state index is 0.0276. The molecule has 0 aliphatic carbocycles. The molecule has 0 aromatic heterocycles. The number of fused-ring (bicyclic) bond motifs is 1. The van der Waals surface area contributed by atoms with E-state index < -0.39 is 0 Å². The SMILES string of the molecule is COc1ccc(N2CC(C(=O)NCC3COc4ccccc4C3)CC2=O)cc1. The van der Waals surface area contributed by atoms with Crippen LogP contribution in [0.2, 0.25) is 0 Å². The maximum Gasteiger partial charge on any atom is 0.227 e. The number of rotatable bonds is 5. The highest BCUT2D eigenvalue weighted by Crippen LogP contribution is 2.28. The molecule has 2 amide bonds. The van der Waals surface area contributed by atoms with Gasteiger partial charge in [-0.25, -0.2) is 0 Å². The lowest BCUT2D eigenvalue weighted by Crippen LogP contribution is -2.38. The predicted molar refractivity (Wildman–Crippen MR) is 106 cm³/mol. The van der Waals surface area contributed by atoms with E-state index in [0.29, 0.717) is 19.7 Å². The van der Waals surface area contributed by atoms with Gasteiger partial charge in [0.05, 0.1) is 19.6 Å². The van der Waals surface area contributed by atoms with E-state index >= 15 is 0 Å². The van der Waals surface area contributed by atoms with Gasteiger partial charge in [-0.2, -0.15) is 0 Å². The molecule has 1 saturated heterocycles. The van der Waals surface area contributed by atoms with Crippen molar-refractivity contribution >= 4 is 17.5 Å². The molecule has 2 aliphatic rings. The fourth-order valence-corrected chi connectivity index (χ4v) is 3.81. The number of carbonyl (C=O) groups is 2. The number of benzene rings is 2. The summed E-state index contributed by atoms with van der Waals surface area (Å²) in [6.45, 7) is 1.56. The zero-order valence-corrected chi connectivity index (χ0v) is 15.9. The van der Waals surface area contributed by atoms with Crippen LogP contribution in [0.5, 0.6) is 11.5 Å². The van der Waals surface area contributed by atoms with Gasteiger partial charge in [0.2, 0.25) is 11.8 Å². The lowest BCUT2D eigenvalue weighted by molar-refractivity contribution is -0.126. The molecular weight excluding hydrogens is 356 g/mol. The molecule has 6 heteroatoms. The first kappa shape index (κ1) is 18.3. The molecule has 2 unspecified atom stereocenters. The van der Waals surface area contributed by atoms with Crippen molar-refractivity contribution in [1.82, 2.24) is 5.32 Å². The van der Waals surface area contributed by atoms with Crippen LogP contribution in [-0.2, 0) is 16.0 Å². The topological polar surface area (TPSA) is 67.9 Å². The maximum absolute atomic E-state index is 12.6. The van der Waals surface area contributed by atoms with Crippen molar-refractivity contribution in [3.05, 3.63) is 54.1 Å². The zero-order chi connectivity index (χ0) is 19.5. The van der Waals surface area contributed by atoms with Crippen molar-refractivity contribution in [3.8, 4) is 11.5 Å². The van der Waals surface area contributed by atoms with Gasteiger partial charge >= 0.3 is 0 Å². The smallest absolute Gasteiger partial charge is 0.227 e. The molecule has 0 bridgehead atoms. The monoisotopic (exact) mass is 380 g/mol. The van der Waals surface area contributed by atoms with E-state index in [0.717, 1.165) is 23.6 Å². The van der Waals surface area contributed by atoms with Crippen molar-refractivity contribution in [3.63, 3.8) is 0 Å². The number of hydrogen-bond acceptors (Lipinski definition) is 4. The van der Waals surface area contributed by atoms with Crippen molar-refractivity contribution in [2.24, 2.45) is 11.8 Å². The Morgan fingerprint density at radius 3 is 2.75 bits per heavy atom. The lowest BCUT2D eigenvalue weighted by atomic mass is 9.96. The normalized spacial score (nSPS) is 21.0. The van der Waals surface area contributed by atoms with Gasteiger partial charge in [0.15, 0.2) is 0 Å². The van der Waals surface area contributed by atoms with Gasteiger partial charge in [0.25, 0.3) is 0 Å². The highest BCUT2D eigenvalue weighted by Gasteiger charge is 2.35. The molecular formula is C22H24N2O4. The van der Waals surface area contributed by atoms with Crippen LogP contribution in [0.1, 0.15) is 12.0 Å². The molecule has 0 saturated carbocycles. The van der Waals surface area contributed by atoms with Gasteiger partial charge in [0, 0.05) is 31.1 Å². The van der Waals surface area contributed by atoms with Crippen molar-refractivity contribution in [2.75, 3.05) is 31.7 Å². The summed E-state index contributed by atoms with van der Waals surface area (Å²) in [6.07, 6.45) is 1.12. The van der Waals surface area contributed by atoms with Crippen LogP contribution in [-0.4, -0.2) is 38.6 Å². The van der Waals surface area contributed by atoms with Crippen LogP contribution in [0.4, 0.5) is 5.69 Å². The van der Waals surface area contributed by atoms with Gasteiger partial charge in [-0.15, -0.1) is 0 Å². The highest BCUT2D eigenvalue weighted by atomic mass is 16.5. The van der Waals surface area contributed by atoms with Gasteiger partial charge in [0.1, 0.15) is 11.5 Å². The first-order valence-corrected chi connectivity index (χ1v) is 9.57. The molecule has 2 aliphatic heterocycles. The summed E-state index contributed by atoms with van der Waals surface area (Å²) >= 11 is 0. The maximum atomic E-state index is 12.6. The predicted octanol–water partition coefficient (Wildman–Crippen LogP) is 2.42. The van der Waals surface area contributed by atoms with E-state index in [4.69, 9.17) is 9.47 Å². The molecule has 1 N–H and O–H groups in total. The minimum Gasteiger partial charge on any atom is -0.497 e. The van der Waals surface area contributed by atoms with Crippen LogP contribution in [0, 0.1) is 11.8 Å². The second kappa shape index (κ2) is 7.92. The Morgan fingerprint density at radius 2 is 1.96 bits per heavy atom. The van der Waals surface area contributed by atoms with Crippen LogP contribution in [0.3, 0.4) is 0 Å². The average molecular weight is 380 g/mol. The number of anilines is 1. The van der Waals surface area contributed by atoms with Gasteiger partial charge in [-0.3, -0.25) is 9.59 Å². The van der Waals surface area contributed by atoms with Gasteiger partial charge in [-0.05, 0) is 42.3 Å². The van der Waals surface area contributed by atoms with Crippen LogP contribution < -0.4 is 19.7 Å². The van der Waals surface area contributed by atoms with Crippen molar-refractivity contribution in [1.29, 1.82) is 0 Å². The van der Waals surface area contributed by atoms with Crippen molar-refractivity contribution in [2.45, 2.75) is 12.8 Å². The number of hydrogen-bond donors (Lipinski definition) is 1. The summed E-state index contributed by atoms with van der Waals surface area (Å²) in [6, 6.07) is 15.3. The summed E-state index contributed by atoms with van der Waals surface area (Å²) < 4.78 is 10.9. The van der Waals surface area contributed by atoms with Crippen LogP contribution >= 0.6 is 0 Å².